The van der Waals surface area contributed by atoms with Crippen molar-refractivity contribution in [1.82, 2.24) is 0 Å². The largest absolute Gasteiger partial charge is 0.326 e. The number of hydrogen-bond donors (Lipinski definition) is 1. The van der Waals surface area contributed by atoms with Gasteiger partial charge >= 0.3 is 0 Å². The van der Waals surface area contributed by atoms with Crippen LogP contribution in [0.4, 0.5) is 4.39 Å². The van der Waals surface area contributed by atoms with Crippen molar-refractivity contribution >= 4 is 6.29 Å². The van der Waals surface area contributed by atoms with Crippen molar-refractivity contribution in [2.24, 2.45) is 5.73 Å². The molecule has 0 aromatic heterocycles. The van der Waals surface area contributed by atoms with Gasteiger partial charge in [0, 0.05) is 12.1 Å². The maximum atomic E-state index is 12.8. The fourth-order valence-corrected chi connectivity index (χ4v) is 1.03. The van der Waals surface area contributed by atoms with E-state index in [1.165, 1.54) is 12.1 Å². The molecule has 3 heteroatoms. The Bertz CT molecular complexity index is 390. The zero-order valence-corrected chi connectivity index (χ0v) is 7.59. The number of carbonyl (C=O) groups is 1. The molecule has 1 rings (SSSR count). The number of carbonyl (C=O) groups excluding carboxylic acids is 1. The van der Waals surface area contributed by atoms with Crippen LogP contribution in [0.25, 0.3) is 0 Å². The molecule has 72 valence electrons. The Hall–Kier alpha value is -1.66. The number of nitrogens with two attached hydrogens (primary N) is 1. The highest BCUT2D eigenvalue weighted by Crippen LogP contribution is 2.09. The van der Waals surface area contributed by atoms with E-state index in [0.29, 0.717) is 18.4 Å². The predicted molar refractivity (Wildman–Crippen MR) is 51.9 cm³/mol. The molecule has 0 unspecified atom stereocenters. The van der Waals surface area contributed by atoms with E-state index in [1.54, 1.807) is 6.07 Å². The van der Waals surface area contributed by atoms with Gasteiger partial charge in [0.15, 0.2) is 0 Å². The van der Waals surface area contributed by atoms with Crippen LogP contribution in [0, 0.1) is 17.7 Å². The molecule has 1 aromatic carbocycles. The van der Waals surface area contributed by atoms with Crippen molar-refractivity contribution in [3.63, 3.8) is 0 Å². The summed E-state index contributed by atoms with van der Waals surface area (Å²) in [6.07, 6.45) is 0.856. The third-order valence-corrected chi connectivity index (χ3v) is 1.70. The topological polar surface area (TPSA) is 43.1 Å². The molecule has 0 fully saturated rings. The van der Waals surface area contributed by atoms with Crippen LogP contribution in [0.5, 0.6) is 0 Å². The van der Waals surface area contributed by atoms with Crippen LogP contribution in [-0.2, 0) is 11.3 Å². The molecule has 0 bridgehead atoms. The van der Waals surface area contributed by atoms with E-state index in [1.807, 2.05) is 0 Å². The lowest BCUT2D eigenvalue weighted by molar-refractivity contribution is -0.107. The van der Waals surface area contributed by atoms with E-state index in [9.17, 15) is 9.18 Å². The summed E-state index contributed by atoms with van der Waals surface area (Å²) in [6.45, 7) is 0.311. The van der Waals surface area contributed by atoms with Gasteiger partial charge in [-0.3, -0.25) is 0 Å². The van der Waals surface area contributed by atoms with Gasteiger partial charge in [0.25, 0.3) is 0 Å². The highest BCUT2D eigenvalue weighted by atomic mass is 19.1. The molecule has 0 saturated carbocycles. The Balaban J connectivity index is 3.00. The molecule has 0 aliphatic heterocycles. The summed E-state index contributed by atoms with van der Waals surface area (Å²) in [5, 5.41) is 0. The van der Waals surface area contributed by atoms with Crippen molar-refractivity contribution < 1.29 is 9.18 Å². The zero-order chi connectivity index (χ0) is 10.4. The van der Waals surface area contributed by atoms with E-state index in [2.05, 4.69) is 11.8 Å². The van der Waals surface area contributed by atoms with Gasteiger partial charge in [-0.1, -0.05) is 17.9 Å². The molecule has 0 atom stereocenters. The van der Waals surface area contributed by atoms with Crippen LogP contribution < -0.4 is 5.73 Å². The van der Waals surface area contributed by atoms with Crippen molar-refractivity contribution in [2.45, 2.75) is 13.0 Å². The van der Waals surface area contributed by atoms with Crippen LogP contribution in [0.15, 0.2) is 18.2 Å². The summed E-state index contributed by atoms with van der Waals surface area (Å²) in [6, 6.07) is 4.26. The second-order valence-electron chi connectivity index (χ2n) is 2.68. The Kier molecular flexibility index (Phi) is 3.84. The Morgan fingerprint density at radius 2 is 2.29 bits per heavy atom. The average Bonchev–Trinajstić information content (AvgIpc) is 2.19. The Morgan fingerprint density at radius 1 is 1.50 bits per heavy atom. The molecule has 2 nitrogen and oxygen atoms in total. The number of hydrogen-bond acceptors (Lipinski definition) is 2. The maximum absolute atomic E-state index is 12.8. The molecular formula is C11H10FNO. The lowest BCUT2D eigenvalue weighted by Crippen LogP contribution is -1.99. The van der Waals surface area contributed by atoms with Gasteiger partial charge in [0.1, 0.15) is 12.1 Å². The van der Waals surface area contributed by atoms with Crippen molar-refractivity contribution in [2.75, 3.05) is 0 Å². The molecule has 0 aliphatic rings. The standard InChI is InChI=1S/C11H10FNO/c12-11-5-4-10(8-13)9(7-11)3-1-2-6-14/h4-7H,2,8,13H2. The number of halogens is 1. The molecule has 14 heavy (non-hydrogen) atoms. The van der Waals surface area contributed by atoms with Crippen LogP contribution in [-0.4, -0.2) is 6.29 Å². The first kappa shape index (κ1) is 10.4. The minimum absolute atomic E-state index is 0.153. The number of benzene rings is 1. The summed E-state index contributed by atoms with van der Waals surface area (Å²) in [7, 11) is 0. The van der Waals surface area contributed by atoms with Crippen LogP contribution in [0.3, 0.4) is 0 Å². The van der Waals surface area contributed by atoms with E-state index in [4.69, 9.17) is 5.73 Å². The summed E-state index contributed by atoms with van der Waals surface area (Å²) in [4.78, 5) is 10.0. The molecule has 0 amide bonds. The minimum Gasteiger partial charge on any atom is -0.326 e. The lowest BCUT2D eigenvalue weighted by atomic mass is 10.1. The summed E-state index contributed by atoms with van der Waals surface area (Å²) in [5.74, 6) is 4.97. The molecule has 0 spiro atoms. The van der Waals surface area contributed by atoms with Gasteiger partial charge < -0.3 is 10.5 Å². The first-order valence-corrected chi connectivity index (χ1v) is 4.19. The second-order valence-corrected chi connectivity index (χ2v) is 2.68. The van der Waals surface area contributed by atoms with Gasteiger partial charge in [-0.2, -0.15) is 0 Å². The van der Waals surface area contributed by atoms with Crippen LogP contribution in [0.2, 0.25) is 0 Å². The fraction of sp³-hybridized carbons (Fsp3) is 0.182. The van der Waals surface area contributed by atoms with E-state index in [-0.39, 0.29) is 12.2 Å². The quantitative estimate of drug-likeness (QED) is 0.564. The average molecular weight is 191 g/mol. The van der Waals surface area contributed by atoms with Crippen molar-refractivity contribution in [1.29, 1.82) is 0 Å². The summed E-state index contributed by atoms with van der Waals surface area (Å²) >= 11 is 0. The molecule has 1 aromatic rings. The molecule has 0 aliphatic carbocycles. The SMILES string of the molecule is NCc1ccc(F)cc1C#CCC=O. The molecule has 0 radical (unpaired) electrons. The fourth-order valence-electron chi connectivity index (χ4n) is 1.03. The Labute approximate surface area is 81.9 Å². The molecule has 2 N–H and O–H groups in total. The van der Waals surface area contributed by atoms with Crippen LogP contribution in [0.1, 0.15) is 17.5 Å². The van der Waals surface area contributed by atoms with E-state index < -0.39 is 0 Å². The van der Waals surface area contributed by atoms with Gasteiger partial charge in [0.2, 0.25) is 0 Å². The predicted octanol–water partition coefficient (Wildman–Crippen LogP) is 1.22. The third-order valence-electron chi connectivity index (χ3n) is 1.70. The summed E-state index contributed by atoms with van der Waals surface area (Å²) in [5.41, 5.74) is 6.78. The molecular weight excluding hydrogens is 181 g/mol. The van der Waals surface area contributed by atoms with Gasteiger partial charge in [0.05, 0.1) is 6.42 Å². The lowest BCUT2D eigenvalue weighted by Gasteiger charge is -2.00. The van der Waals surface area contributed by atoms with Gasteiger partial charge in [-0.25, -0.2) is 4.39 Å². The third kappa shape index (κ3) is 2.68. The van der Waals surface area contributed by atoms with Crippen molar-refractivity contribution in [3.8, 4) is 11.8 Å². The van der Waals surface area contributed by atoms with Gasteiger partial charge in [-0.15, -0.1) is 0 Å². The first-order chi connectivity index (χ1) is 6.77. The van der Waals surface area contributed by atoms with E-state index >= 15 is 0 Å². The van der Waals surface area contributed by atoms with Gasteiger partial charge in [-0.05, 0) is 17.7 Å². The maximum Gasteiger partial charge on any atom is 0.131 e. The second kappa shape index (κ2) is 5.15. The highest BCUT2D eigenvalue weighted by molar-refractivity contribution is 5.55. The van der Waals surface area contributed by atoms with Crippen molar-refractivity contribution in [3.05, 3.63) is 35.1 Å². The molecule has 0 saturated heterocycles. The smallest absolute Gasteiger partial charge is 0.131 e. The highest BCUT2D eigenvalue weighted by Gasteiger charge is 1.99. The monoisotopic (exact) mass is 191 g/mol. The van der Waals surface area contributed by atoms with Crippen LogP contribution >= 0.6 is 0 Å². The zero-order valence-electron chi connectivity index (χ0n) is 7.59. The number of aldehydes is 1. The summed E-state index contributed by atoms with van der Waals surface area (Å²) < 4.78 is 12.8. The minimum atomic E-state index is -0.349. The Morgan fingerprint density at radius 3 is 2.93 bits per heavy atom. The number of rotatable bonds is 2. The first-order valence-electron chi connectivity index (χ1n) is 4.19. The van der Waals surface area contributed by atoms with E-state index in [0.717, 1.165) is 5.56 Å². The normalized spacial score (nSPS) is 9.00. The molecule has 0 heterocycles.